The number of halogens is 3. The van der Waals surface area contributed by atoms with Crippen LogP contribution in [0.5, 0.6) is 0 Å². The van der Waals surface area contributed by atoms with Gasteiger partial charge in [0, 0.05) is 35.1 Å². The summed E-state index contributed by atoms with van der Waals surface area (Å²) in [4.78, 5) is 12.1. The van der Waals surface area contributed by atoms with Crippen LogP contribution in [0, 0.1) is 0 Å². The summed E-state index contributed by atoms with van der Waals surface area (Å²) in [6, 6.07) is 5.42. The third-order valence-corrected chi connectivity index (χ3v) is 4.19. The molecule has 1 unspecified atom stereocenters. The fourth-order valence-corrected chi connectivity index (χ4v) is 3.30. The van der Waals surface area contributed by atoms with E-state index in [4.69, 9.17) is 27.9 Å². The van der Waals surface area contributed by atoms with Crippen LogP contribution in [0.3, 0.4) is 0 Å². The van der Waals surface area contributed by atoms with Crippen LogP contribution in [-0.2, 0) is 14.9 Å². The van der Waals surface area contributed by atoms with E-state index in [0.29, 0.717) is 29.7 Å². The molecule has 0 saturated carbocycles. The minimum absolute atomic E-state index is 0. The minimum Gasteiger partial charge on any atom is -0.366 e. The average Bonchev–Trinajstić information content (AvgIpc) is 2.45. The van der Waals surface area contributed by atoms with Crippen molar-refractivity contribution in [2.45, 2.75) is 25.4 Å². The molecule has 2 rings (SSSR count). The Bertz CT molecular complexity index is 497. The number of carbonyl (C=O) groups is 1. The number of amides is 1. The van der Waals surface area contributed by atoms with Gasteiger partial charge in [-0.2, -0.15) is 0 Å². The summed E-state index contributed by atoms with van der Waals surface area (Å²) in [6.45, 7) is 6.32. The number of morpholine rings is 1. The van der Waals surface area contributed by atoms with Crippen molar-refractivity contribution in [2.24, 2.45) is 0 Å². The lowest BCUT2D eigenvalue weighted by Crippen LogP contribution is -2.50. The van der Waals surface area contributed by atoms with E-state index >= 15 is 0 Å². The topological polar surface area (TPSA) is 50.4 Å². The first kappa shape index (κ1) is 19.5. The minimum atomic E-state index is -0.434. The zero-order valence-electron chi connectivity index (χ0n) is 12.6. The Morgan fingerprint density at radius 2 is 2.05 bits per heavy atom. The van der Waals surface area contributed by atoms with Crippen molar-refractivity contribution in [1.82, 2.24) is 10.6 Å². The molecule has 1 aliphatic heterocycles. The molecule has 0 bridgehead atoms. The Balaban J connectivity index is 0.00000242. The third-order valence-electron chi connectivity index (χ3n) is 3.56. The quantitative estimate of drug-likeness (QED) is 0.860. The zero-order valence-corrected chi connectivity index (χ0v) is 14.9. The number of hydrogen-bond acceptors (Lipinski definition) is 3. The van der Waals surface area contributed by atoms with Crippen molar-refractivity contribution >= 4 is 41.5 Å². The lowest BCUT2D eigenvalue weighted by Gasteiger charge is -2.29. The lowest BCUT2D eigenvalue weighted by molar-refractivity contribution is -0.134. The number of hydrogen-bond donors (Lipinski definition) is 2. The van der Waals surface area contributed by atoms with Crippen molar-refractivity contribution in [2.75, 3.05) is 26.2 Å². The van der Waals surface area contributed by atoms with Gasteiger partial charge in [-0.05, 0) is 17.7 Å². The highest BCUT2D eigenvalue weighted by Crippen LogP contribution is 2.35. The summed E-state index contributed by atoms with van der Waals surface area (Å²) < 4.78 is 5.43. The third kappa shape index (κ3) is 4.74. The molecule has 1 aromatic carbocycles. The van der Waals surface area contributed by atoms with Crippen LogP contribution in [0.2, 0.25) is 10.0 Å². The summed E-state index contributed by atoms with van der Waals surface area (Å²) in [6.07, 6.45) is -0.434. The molecule has 1 aromatic rings. The van der Waals surface area contributed by atoms with Gasteiger partial charge in [0.1, 0.15) is 6.10 Å². The highest BCUT2D eigenvalue weighted by molar-refractivity contribution is 6.36. The molecule has 2 N–H and O–H groups in total. The molecular weight excluding hydrogens is 347 g/mol. The highest BCUT2D eigenvalue weighted by atomic mass is 35.5. The summed E-state index contributed by atoms with van der Waals surface area (Å²) in [7, 11) is 0. The SMILES string of the molecule is CC(C)(CNC(=O)C1CNCCO1)c1c(Cl)cccc1Cl.Cl. The number of ether oxygens (including phenoxy) is 1. The van der Waals surface area contributed by atoms with E-state index in [1.54, 1.807) is 12.1 Å². The molecule has 1 atom stereocenters. The molecule has 1 saturated heterocycles. The molecule has 0 spiro atoms. The summed E-state index contributed by atoms with van der Waals surface area (Å²) in [5.74, 6) is -0.113. The van der Waals surface area contributed by atoms with E-state index in [9.17, 15) is 4.79 Å². The Labute approximate surface area is 147 Å². The van der Waals surface area contributed by atoms with Crippen molar-refractivity contribution in [3.8, 4) is 0 Å². The van der Waals surface area contributed by atoms with E-state index in [-0.39, 0.29) is 23.7 Å². The summed E-state index contributed by atoms with van der Waals surface area (Å²) in [5, 5.41) is 7.28. The van der Waals surface area contributed by atoms with Gasteiger partial charge in [0.2, 0.25) is 5.91 Å². The smallest absolute Gasteiger partial charge is 0.250 e. The van der Waals surface area contributed by atoms with Gasteiger partial charge in [-0.25, -0.2) is 0 Å². The maximum absolute atomic E-state index is 12.1. The molecular formula is C15H21Cl3N2O2. The largest absolute Gasteiger partial charge is 0.366 e. The summed E-state index contributed by atoms with van der Waals surface area (Å²) >= 11 is 12.5. The molecule has 0 aliphatic carbocycles. The van der Waals surface area contributed by atoms with E-state index < -0.39 is 6.10 Å². The highest BCUT2D eigenvalue weighted by Gasteiger charge is 2.28. The van der Waals surface area contributed by atoms with E-state index in [1.165, 1.54) is 0 Å². The Morgan fingerprint density at radius 3 is 2.59 bits per heavy atom. The van der Waals surface area contributed by atoms with Gasteiger partial charge < -0.3 is 15.4 Å². The first-order valence-corrected chi connectivity index (χ1v) is 7.72. The molecule has 124 valence electrons. The van der Waals surface area contributed by atoms with Crippen LogP contribution in [0.25, 0.3) is 0 Å². The number of carbonyl (C=O) groups excluding carboxylic acids is 1. The molecule has 7 heteroatoms. The molecule has 1 amide bonds. The van der Waals surface area contributed by atoms with Gasteiger partial charge >= 0.3 is 0 Å². The number of benzene rings is 1. The average molecular weight is 368 g/mol. The van der Waals surface area contributed by atoms with Crippen molar-refractivity contribution in [3.05, 3.63) is 33.8 Å². The summed E-state index contributed by atoms with van der Waals surface area (Å²) in [5.41, 5.74) is 0.476. The fraction of sp³-hybridized carbons (Fsp3) is 0.533. The molecule has 4 nitrogen and oxygen atoms in total. The fourth-order valence-electron chi connectivity index (χ4n) is 2.39. The molecule has 22 heavy (non-hydrogen) atoms. The lowest BCUT2D eigenvalue weighted by atomic mass is 9.84. The Morgan fingerprint density at radius 1 is 1.41 bits per heavy atom. The maximum Gasteiger partial charge on any atom is 0.250 e. The second-order valence-electron chi connectivity index (χ2n) is 5.76. The predicted octanol–water partition coefficient (Wildman–Crippen LogP) is 2.80. The van der Waals surface area contributed by atoms with Crippen LogP contribution in [0.1, 0.15) is 19.4 Å². The van der Waals surface area contributed by atoms with Crippen molar-refractivity contribution < 1.29 is 9.53 Å². The van der Waals surface area contributed by atoms with Crippen LogP contribution < -0.4 is 10.6 Å². The first-order chi connectivity index (χ1) is 9.92. The molecule has 0 aromatic heterocycles. The number of rotatable bonds is 4. The Kier molecular flexibility index (Phi) is 7.42. The van der Waals surface area contributed by atoms with E-state index in [2.05, 4.69) is 10.6 Å². The maximum atomic E-state index is 12.1. The zero-order chi connectivity index (χ0) is 15.5. The first-order valence-electron chi connectivity index (χ1n) is 6.96. The van der Waals surface area contributed by atoms with Gasteiger partial charge in [0.05, 0.1) is 6.61 Å². The van der Waals surface area contributed by atoms with E-state index in [0.717, 1.165) is 12.1 Å². The monoisotopic (exact) mass is 366 g/mol. The van der Waals surface area contributed by atoms with Gasteiger partial charge in [-0.15, -0.1) is 12.4 Å². The van der Waals surface area contributed by atoms with Crippen LogP contribution in [0.4, 0.5) is 0 Å². The van der Waals surface area contributed by atoms with Crippen LogP contribution in [0.15, 0.2) is 18.2 Å². The molecule has 1 fully saturated rings. The normalized spacial score (nSPS) is 18.5. The van der Waals surface area contributed by atoms with Crippen molar-refractivity contribution in [1.29, 1.82) is 0 Å². The molecule has 0 radical (unpaired) electrons. The van der Waals surface area contributed by atoms with Gasteiger partial charge in [0.15, 0.2) is 0 Å². The van der Waals surface area contributed by atoms with Crippen LogP contribution in [-0.4, -0.2) is 38.3 Å². The van der Waals surface area contributed by atoms with E-state index in [1.807, 2.05) is 19.9 Å². The van der Waals surface area contributed by atoms with Crippen LogP contribution >= 0.6 is 35.6 Å². The molecule has 1 heterocycles. The second-order valence-corrected chi connectivity index (χ2v) is 6.58. The van der Waals surface area contributed by atoms with Crippen molar-refractivity contribution in [3.63, 3.8) is 0 Å². The van der Waals surface area contributed by atoms with Gasteiger partial charge in [-0.1, -0.05) is 43.1 Å². The van der Waals surface area contributed by atoms with Gasteiger partial charge in [0.25, 0.3) is 0 Å². The predicted molar refractivity (Wildman–Crippen MR) is 92.4 cm³/mol. The standard InChI is InChI=1S/C15H20Cl2N2O2.ClH/c1-15(2,13-10(16)4-3-5-11(13)17)9-19-14(20)12-8-18-6-7-21-12;/h3-5,12,18H,6-9H2,1-2H3,(H,19,20);1H. The number of nitrogens with one attached hydrogen (secondary N) is 2. The van der Waals surface area contributed by atoms with Gasteiger partial charge in [-0.3, -0.25) is 4.79 Å². The molecule has 1 aliphatic rings. The second kappa shape index (κ2) is 8.37. The Hall–Kier alpha value is -0.520.